The first-order valence-corrected chi connectivity index (χ1v) is 8.92. The molecule has 27 heavy (non-hydrogen) atoms. The molecule has 0 fully saturated rings. The summed E-state index contributed by atoms with van der Waals surface area (Å²) in [6, 6.07) is 12.8. The number of hydrogen-bond acceptors (Lipinski definition) is 4. The van der Waals surface area contributed by atoms with Gasteiger partial charge in [-0.05, 0) is 53.9 Å². The lowest BCUT2D eigenvalue weighted by molar-refractivity contribution is -0.282. The Morgan fingerprint density at radius 1 is 1.11 bits per heavy atom. The van der Waals surface area contributed by atoms with Crippen LogP contribution in [0.4, 0.5) is 13.8 Å². The molecule has 3 aromatic rings. The van der Waals surface area contributed by atoms with Crippen LogP contribution in [-0.4, -0.2) is 13.0 Å². The second-order valence-corrected chi connectivity index (χ2v) is 6.88. The Morgan fingerprint density at radius 3 is 2.56 bits per heavy atom. The molecule has 0 aliphatic heterocycles. The van der Waals surface area contributed by atoms with Crippen LogP contribution in [0.2, 0.25) is 0 Å². The summed E-state index contributed by atoms with van der Waals surface area (Å²) in [5, 5.41) is 3.05. The Kier molecular flexibility index (Phi) is 5.95. The summed E-state index contributed by atoms with van der Waals surface area (Å²) >= 11 is 1.32. The minimum Gasteiger partial charge on any atom is -0.313 e. The lowest BCUT2D eigenvalue weighted by Crippen LogP contribution is -2.14. The van der Waals surface area contributed by atoms with E-state index in [0.717, 1.165) is 33.7 Å². The van der Waals surface area contributed by atoms with E-state index in [2.05, 4.69) is 10.2 Å². The normalized spacial score (nSPS) is 10.8. The molecule has 2 aromatic carbocycles. The van der Waals surface area contributed by atoms with Crippen LogP contribution in [0.15, 0.2) is 48.5 Å². The molecule has 1 aromatic heterocycles. The zero-order valence-corrected chi connectivity index (χ0v) is 15.5. The van der Waals surface area contributed by atoms with E-state index < -0.39 is 23.1 Å². The van der Waals surface area contributed by atoms with Crippen LogP contribution in [0.5, 0.6) is 0 Å². The number of hydrogen-bond donors (Lipinski definition) is 1. The maximum Gasteiger partial charge on any atom is 0.262 e. The number of carbonyl (C=O) groups is 1. The fourth-order valence-electron chi connectivity index (χ4n) is 2.59. The maximum absolute atomic E-state index is 13.8. The van der Waals surface area contributed by atoms with E-state index in [1.54, 1.807) is 6.07 Å². The fraction of sp³-hybridized carbons (Fsp3) is 0.150. The average Bonchev–Trinajstić information content (AvgIpc) is 3.09. The molecule has 0 saturated heterocycles. The van der Waals surface area contributed by atoms with Crippen molar-refractivity contribution in [3.8, 4) is 10.4 Å². The second-order valence-electron chi connectivity index (χ2n) is 5.79. The predicted octanol–water partition coefficient (Wildman–Crippen LogP) is 5.33. The predicted molar refractivity (Wildman–Crippen MR) is 101 cm³/mol. The summed E-state index contributed by atoms with van der Waals surface area (Å²) in [5.74, 6) is -2.62. The Labute approximate surface area is 159 Å². The average molecular weight is 389 g/mol. The lowest BCUT2D eigenvalue weighted by Gasteiger charge is -2.07. The highest BCUT2D eigenvalue weighted by Gasteiger charge is 2.18. The van der Waals surface area contributed by atoms with Crippen LogP contribution in [0.1, 0.15) is 21.5 Å². The van der Waals surface area contributed by atoms with Crippen LogP contribution in [0.3, 0.4) is 0 Å². The third-order valence-electron chi connectivity index (χ3n) is 3.94. The molecule has 3 rings (SSSR count). The van der Waals surface area contributed by atoms with Gasteiger partial charge >= 0.3 is 0 Å². The minimum absolute atomic E-state index is 0.311. The lowest BCUT2D eigenvalue weighted by atomic mass is 10.0. The van der Waals surface area contributed by atoms with Crippen LogP contribution in [0, 0.1) is 18.6 Å². The Morgan fingerprint density at radius 2 is 1.85 bits per heavy atom. The number of anilines is 1. The van der Waals surface area contributed by atoms with Crippen molar-refractivity contribution in [2.45, 2.75) is 13.5 Å². The first-order valence-electron chi connectivity index (χ1n) is 8.10. The van der Waals surface area contributed by atoms with Crippen molar-refractivity contribution in [2.75, 3.05) is 12.4 Å². The van der Waals surface area contributed by atoms with Gasteiger partial charge in [-0.15, -0.1) is 11.3 Å². The molecule has 1 heterocycles. The molecule has 0 radical (unpaired) electrons. The van der Waals surface area contributed by atoms with Gasteiger partial charge in [0.25, 0.3) is 5.91 Å². The van der Waals surface area contributed by atoms with Crippen LogP contribution < -0.4 is 5.32 Å². The number of rotatable bonds is 6. The summed E-state index contributed by atoms with van der Waals surface area (Å²) in [4.78, 5) is 22.7. The summed E-state index contributed by atoms with van der Waals surface area (Å²) < 4.78 is 27.5. The SMILES string of the molecule is COOCc1ccc(C)c(-c2ccc(NC(=O)c3c(F)cccc3F)s2)c1. The highest BCUT2D eigenvalue weighted by atomic mass is 32.1. The molecular weight excluding hydrogens is 372 g/mol. The summed E-state index contributed by atoms with van der Waals surface area (Å²) in [6.07, 6.45) is 0. The topological polar surface area (TPSA) is 47.6 Å². The molecule has 0 aliphatic carbocycles. The van der Waals surface area contributed by atoms with Gasteiger partial charge in [-0.25, -0.2) is 18.6 Å². The van der Waals surface area contributed by atoms with Crippen LogP contribution >= 0.6 is 11.3 Å². The second kappa shape index (κ2) is 8.39. The van der Waals surface area contributed by atoms with Gasteiger partial charge in [-0.2, -0.15) is 0 Å². The molecule has 0 spiro atoms. The summed E-state index contributed by atoms with van der Waals surface area (Å²) in [5.41, 5.74) is 2.37. The number of benzene rings is 2. The van der Waals surface area contributed by atoms with Crippen molar-refractivity contribution in [2.24, 2.45) is 0 Å². The number of thiophene rings is 1. The largest absolute Gasteiger partial charge is 0.313 e. The van der Waals surface area contributed by atoms with E-state index in [4.69, 9.17) is 4.89 Å². The molecule has 1 amide bonds. The quantitative estimate of drug-likeness (QED) is 0.458. The van der Waals surface area contributed by atoms with Crippen LogP contribution in [0.25, 0.3) is 10.4 Å². The van der Waals surface area contributed by atoms with Gasteiger partial charge in [0, 0.05) is 4.88 Å². The monoisotopic (exact) mass is 389 g/mol. The zero-order chi connectivity index (χ0) is 19.4. The van der Waals surface area contributed by atoms with Gasteiger partial charge < -0.3 is 5.32 Å². The van der Waals surface area contributed by atoms with Crippen molar-refractivity contribution < 1.29 is 23.4 Å². The molecule has 1 N–H and O–H groups in total. The molecular formula is C20H17F2NO3S. The first kappa shape index (κ1) is 19.2. The van der Waals surface area contributed by atoms with Crippen molar-refractivity contribution in [1.82, 2.24) is 0 Å². The standard InChI is InChI=1S/C20H17F2NO3S/c1-12-6-7-13(11-26-25-2)10-14(12)17-8-9-18(27-17)23-20(24)19-15(21)4-3-5-16(19)22/h3-10H,11H2,1-2H3,(H,23,24). The molecule has 0 unspecified atom stereocenters. The van der Waals surface area contributed by atoms with Gasteiger partial charge in [0.1, 0.15) is 23.8 Å². The number of aryl methyl sites for hydroxylation is 1. The van der Waals surface area contributed by atoms with Gasteiger partial charge in [-0.3, -0.25) is 4.79 Å². The Hall–Kier alpha value is -2.61. The zero-order valence-electron chi connectivity index (χ0n) is 14.7. The van der Waals surface area contributed by atoms with E-state index in [-0.39, 0.29) is 0 Å². The minimum atomic E-state index is -0.897. The molecule has 4 nitrogen and oxygen atoms in total. The number of halogens is 2. The highest BCUT2D eigenvalue weighted by molar-refractivity contribution is 7.19. The van der Waals surface area contributed by atoms with Crippen molar-refractivity contribution >= 4 is 22.2 Å². The van der Waals surface area contributed by atoms with Crippen LogP contribution in [-0.2, 0) is 16.4 Å². The number of nitrogens with one attached hydrogen (secondary N) is 1. The molecule has 140 valence electrons. The Bertz CT molecular complexity index is 951. The van der Waals surface area contributed by atoms with E-state index in [9.17, 15) is 13.6 Å². The summed E-state index contributed by atoms with van der Waals surface area (Å²) in [7, 11) is 1.45. The molecule has 0 saturated carbocycles. The third kappa shape index (κ3) is 4.39. The first-order chi connectivity index (χ1) is 13.0. The third-order valence-corrected chi connectivity index (χ3v) is 4.98. The van der Waals surface area contributed by atoms with Crippen molar-refractivity contribution in [3.05, 3.63) is 76.9 Å². The summed E-state index contributed by atoms with van der Waals surface area (Å²) in [6.45, 7) is 2.29. The van der Waals surface area contributed by atoms with E-state index in [0.29, 0.717) is 11.6 Å². The Balaban J connectivity index is 1.82. The molecule has 0 atom stereocenters. The van der Waals surface area contributed by atoms with Gasteiger partial charge in [-0.1, -0.05) is 18.2 Å². The molecule has 7 heteroatoms. The smallest absolute Gasteiger partial charge is 0.262 e. The van der Waals surface area contributed by atoms with E-state index >= 15 is 0 Å². The molecule has 0 aliphatic rings. The number of carbonyl (C=O) groups excluding carboxylic acids is 1. The van der Waals surface area contributed by atoms with Gasteiger partial charge in [0.05, 0.1) is 12.1 Å². The van der Waals surface area contributed by atoms with Gasteiger partial charge in [0.15, 0.2) is 0 Å². The van der Waals surface area contributed by atoms with E-state index in [1.165, 1.54) is 24.5 Å². The number of amides is 1. The van der Waals surface area contributed by atoms with Crippen molar-refractivity contribution in [1.29, 1.82) is 0 Å². The van der Waals surface area contributed by atoms with E-state index in [1.807, 2.05) is 31.2 Å². The van der Waals surface area contributed by atoms with Gasteiger partial charge in [0.2, 0.25) is 0 Å². The van der Waals surface area contributed by atoms with Crippen molar-refractivity contribution in [3.63, 3.8) is 0 Å². The molecule has 0 bridgehead atoms. The maximum atomic E-state index is 13.8. The highest BCUT2D eigenvalue weighted by Crippen LogP contribution is 2.34. The fourth-order valence-corrected chi connectivity index (χ4v) is 3.57.